The van der Waals surface area contributed by atoms with Gasteiger partial charge in [0, 0.05) is 31.7 Å². The average molecular weight is 507 g/mol. The Bertz CT molecular complexity index is 1300. The first-order valence-corrected chi connectivity index (χ1v) is 14.0. The molecule has 190 valence electrons. The lowest BCUT2D eigenvalue weighted by atomic mass is 10.0. The summed E-state index contributed by atoms with van der Waals surface area (Å²) in [7, 11) is -1.92. The summed E-state index contributed by atoms with van der Waals surface area (Å²) < 4.78 is 31.8. The Morgan fingerprint density at radius 1 is 0.917 bits per heavy atom. The van der Waals surface area contributed by atoms with Crippen molar-refractivity contribution < 1.29 is 17.9 Å². The van der Waals surface area contributed by atoms with Crippen molar-refractivity contribution in [1.82, 2.24) is 4.90 Å². The van der Waals surface area contributed by atoms with Crippen LogP contribution in [0.5, 0.6) is 5.75 Å². The van der Waals surface area contributed by atoms with Gasteiger partial charge in [-0.15, -0.1) is 0 Å². The molecular formula is C29H34N2O4S. The number of nitrogens with zero attached hydrogens (tertiary/aromatic N) is 2. The van der Waals surface area contributed by atoms with Gasteiger partial charge in [0.15, 0.2) is 9.84 Å². The molecular weight excluding hydrogens is 472 g/mol. The van der Waals surface area contributed by atoms with E-state index in [2.05, 4.69) is 18.7 Å². The SMILES string of the molecule is COc1ccccc1N1CCCN(C(=O)c2cccc(S(=O)(=O)Cc3ccc(C(C)C)cc3)c2)CC1. The topological polar surface area (TPSA) is 66.9 Å². The minimum atomic E-state index is -3.59. The number of rotatable bonds is 7. The van der Waals surface area contributed by atoms with E-state index in [1.165, 1.54) is 11.6 Å². The number of anilines is 1. The molecule has 3 aromatic rings. The smallest absolute Gasteiger partial charge is 0.253 e. The van der Waals surface area contributed by atoms with E-state index in [1.54, 1.807) is 25.3 Å². The maximum Gasteiger partial charge on any atom is 0.253 e. The van der Waals surface area contributed by atoms with E-state index in [4.69, 9.17) is 4.74 Å². The van der Waals surface area contributed by atoms with Crippen molar-refractivity contribution in [2.75, 3.05) is 38.2 Å². The predicted molar refractivity (Wildman–Crippen MR) is 144 cm³/mol. The Hall–Kier alpha value is -3.32. The number of hydrogen-bond donors (Lipinski definition) is 0. The molecule has 0 aromatic heterocycles. The van der Waals surface area contributed by atoms with Gasteiger partial charge in [0.05, 0.1) is 23.4 Å². The second kappa shape index (κ2) is 11.2. The normalized spacial score (nSPS) is 14.6. The molecule has 0 atom stereocenters. The molecule has 3 aromatic carbocycles. The van der Waals surface area contributed by atoms with Gasteiger partial charge < -0.3 is 14.5 Å². The van der Waals surface area contributed by atoms with Gasteiger partial charge in [0.25, 0.3) is 5.91 Å². The van der Waals surface area contributed by atoms with E-state index in [0.717, 1.165) is 30.0 Å². The van der Waals surface area contributed by atoms with Gasteiger partial charge in [-0.25, -0.2) is 8.42 Å². The minimum Gasteiger partial charge on any atom is -0.495 e. The fraction of sp³-hybridized carbons (Fsp3) is 0.345. The Balaban J connectivity index is 1.47. The van der Waals surface area contributed by atoms with Crippen LogP contribution in [0.15, 0.2) is 77.7 Å². The van der Waals surface area contributed by atoms with Crippen LogP contribution in [-0.4, -0.2) is 52.5 Å². The Kier molecular flexibility index (Phi) is 7.99. The van der Waals surface area contributed by atoms with Gasteiger partial charge in [0.2, 0.25) is 0 Å². The van der Waals surface area contributed by atoms with Gasteiger partial charge in [-0.1, -0.05) is 56.3 Å². The summed E-state index contributed by atoms with van der Waals surface area (Å²) in [4.78, 5) is 17.6. The predicted octanol–water partition coefficient (Wildman–Crippen LogP) is 5.15. The molecule has 1 saturated heterocycles. The Labute approximate surface area is 214 Å². The van der Waals surface area contributed by atoms with Gasteiger partial charge in [-0.05, 0) is 53.8 Å². The number of amides is 1. The third-order valence-electron chi connectivity index (χ3n) is 6.65. The fourth-order valence-electron chi connectivity index (χ4n) is 4.56. The van der Waals surface area contributed by atoms with E-state index in [0.29, 0.717) is 31.1 Å². The number of carbonyl (C=O) groups is 1. The van der Waals surface area contributed by atoms with Crippen molar-refractivity contribution in [3.63, 3.8) is 0 Å². The van der Waals surface area contributed by atoms with Crippen LogP contribution in [0, 0.1) is 0 Å². The molecule has 7 heteroatoms. The zero-order chi connectivity index (χ0) is 25.7. The number of sulfone groups is 1. The second-order valence-corrected chi connectivity index (χ2v) is 11.5. The third-order valence-corrected chi connectivity index (χ3v) is 8.34. The molecule has 1 heterocycles. The van der Waals surface area contributed by atoms with E-state index in [1.807, 2.05) is 53.4 Å². The van der Waals surface area contributed by atoms with Crippen molar-refractivity contribution >= 4 is 21.4 Å². The maximum atomic E-state index is 13.3. The van der Waals surface area contributed by atoms with Gasteiger partial charge in [-0.2, -0.15) is 0 Å². The zero-order valence-electron chi connectivity index (χ0n) is 21.2. The summed E-state index contributed by atoms with van der Waals surface area (Å²) in [6.07, 6.45) is 0.814. The van der Waals surface area contributed by atoms with Gasteiger partial charge in [-0.3, -0.25) is 4.79 Å². The zero-order valence-corrected chi connectivity index (χ0v) is 22.0. The lowest BCUT2D eigenvalue weighted by Crippen LogP contribution is -2.35. The third kappa shape index (κ3) is 5.90. The molecule has 0 spiro atoms. The second-order valence-electron chi connectivity index (χ2n) is 9.49. The van der Waals surface area contributed by atoms with Crippen LogP contribution in [-0.2, 0) is 15.6 Å². The average Bonchev–Trinajstić information content (AvgIpc) is 3.15. The van der Waals surface area contributed by atoms with E-state index in [-0.39, 0.29) is 16.6 Å². The molecule has 0 bridgehead atoms. The first-order valence-electron chi connectivity index (χ1n) is 12.4. The van der Waals surface area contributed by atoms with Gasteiger partial charge >= 0.3 is 0 Å². The molecule has 36 heavy (non-hydrogen) atoms. The largest absolute Gasteiger partial charge is 0.495 e. The van der Waals surface area contributed by atoms with Gasteiger partial charge in [0.1, 0.15) is 5.75 Å². The lowest BCUT2D eigenvalue weighted by molar-refractivity contribution is 0.0767. The van der Waals surface area contributed by atoms with Crippen molar-refractivity contribution in [3.05, 3.63) is 89.5 Å². The van der Waals surface area contributed by atoms with Crippen LogP contribution in [0.4, 0.5) is 5.69 Å². The summed E-state index contributed by atoms with van der Waals surface area (Å²) in [5.41, 5.74) is 3.33. The molecule has 0 N–H and O–H groups in total. The van der Waals surface area contributed by atoms with Crippen LogP contribution >= 0.6 is 0 Å². The molecule has 6 nitrogen and oxygen atoms in total. The molecule has 0 aliphatic carbocycles. The summed E-state index contributed by atoms with van der Waals surface area (Å²) in [6.45, 7) is 6.87. The molecule has 1 fully saturated rings. The Morgan fingerprint density at radius 2 is 1.67 bits per heavy atom. The summed E-state index contributed by atoms with van der Waals surface area (Å²) in [5, 5.41) is 0. The quantitative estimate of drug-likeness (QED) is 0.444. The first-order chi connectivity index (χ1) is 17.3. The number of benzene rings is 3. The monoisotopic (exact) mass is 506 g/mol. The number of ether oxygens (including phenoxy) is 1. The lowest BCUT2D eigenvalue weighted by Gasteiger charge is -2.25. The first kappa shape index (κ1) is 25.8. The highest BCUT2D eigenvalue weighted by molar-refractivity contribution is 7.90. The number of para-hydroxylation sites is 2. The molecule has 1 aliphatic rings. The van der Waals surface area contributed by atoms with Crippen molar-refractivity contribution in [2.45, 2.75) is 36.8 Å². The van der Waals surface area contributed by atoms with Crippen LogP contribution in [0.3, 0.4) is 0 Å². The fourth-order valence-corrected chi connectivity index (χ4v) is 5.95. The van der Waals surface area contributed by atoms with Crippen molar-refractivity contribution in [2.24, 2.45) is 0 Å². The minimum absolute atomic E-state index is 0.0966. The molecule has 1 amide bonds. The highest BCUT2D eigenvalue weighted by Crippen LogP contribution is 2.28. The number of hydrogen-bond acceptors (Lipinski definition) is 5. The maximum absolute atomic E-state index is 13.3. The molecule has 0 unspecified atom stereocenters. The highest BCUT2D eigenvalue weighted by Gasteiger charge is 2.23. The molecule has 1 aliphatic heterocycles. The number of methoxy groups -OCH3 is 1. The molecule has 4 rings (SSSR count). The summed E-state index contributed by atoms with van der Waals surface area (Å²) in [5.74, 6) is 0.962. The standard InChI is InChI=1S/C29H34N2O4S/c1-22(2)24-14-12-23(13-15-24)21-36(33,34)26-9-6-8-25(20-26)29(32)31-17-7-16-30(18-19-31)27-10-4-5-11-28(27)35-3/h4-6,8-15,20,22H,7,16-19,21H2,1-3H3. The van der Waals surface area contributed by atoms with Crippen LogP contribution in [0.25, 0.3) is 0 Å². The number of carbonyl (C=O) groups excluding carboxylic acids is 1. The van der Waals surface area contributed by atoms with E-state index >= 15 is 0 Å². The summed E-state index contributed by atoms with van der Waals surface area (Å²) in [6, 6.07) is 22.0. The Morgan fingerprint density at radius 3 is 2.39 bits per heavy atom. The van der Waals surface area contributed by atoms with E-state index in [9.17, 15) is 13.2 Å². The van der Waals surface area contributed by atoms with Crippen LogP contribution in [0.1, 0.15) is 47.7 Å². The molecule has 0 saturated carbocycles. The van der Waals surface area contributed by atoms with Crippen molar-refractivity contribution in [1.29, 1.82) is 0 Å². The van der Waals surface area contributed by atoms with Crippen LogP contribution in [0.2, 0.25) is 0 Å². The summed E-state index contributed by atoms with van der Waals surface area (Å²) >= 11 is 0. The van der Waals surface area contributed by atoms with E-state index < -0.39 is 9.84 Å². The van der Waals surface area contributed by atoms with Crippen LogP contribution < -0.4 is 9.64 Å². The molecule has 0 radical (unpaired) electrons. The highest BCUT2D eigenvalue weighted by atomic mass is 32.2. The van der Waals surface area contributed by atoms with Crippen molar-refractivity contribution in [3.8, 4) is 5.75 Å².